The van der Waals surface area contributed by atoms with Crippen molar-refractivity contribution in [2.24, 2.45) is 11.0 Å². The Balaban J connectivity index is 1.74. The molecule has 1 unspecified atom stereocenters. The van der Waals surface area contributed by atoms with Crippen molar-refractivity contribution in [2.75, 3.05) is 7.05 Å². The first kappa shape index (κ1) is 14.8. The Morgan fingerprint density at radius 1 is 1.27 bits per heavy atom. The minimum absolute atomic E-state index is 0.0405. The van der Waals surface area contributed by atoms with E-state index in [1.54, 1.807) is 7.05 Å². The lowest BCUT2D eigenvalue weighted by Crippen LogP contribution is -2.39. The van der Waals surface area contributed by atoms with Crippen molar-refractivity contribution < 1.29 is 9.59 Å². The van der Waals surface area contributed by atoms with Gasteiger partial charge in [0.2, 0.25) is 5.91 Å². The molecule has 1 N–H and O–H groups in total. The van der Waals surface area contributed by atoms with Crippen LogP contribution in [0.25, 0.3) is 0 Å². The molecular weight excluding hydrogens is 278 g/mol. The smallest absolute Gasteiger partial charge is 0.267 e. The average molecular weight is 299 g/mol. The van der Waals surface area contributed by atoms with Gasteiger partial charge in [-0.3, -0.25) is 9.59 Å². The first-order valence-corrected chi connectivity index (χ1v) is 7.76. The quantitative estimate of drug-likeness (QED) is 0.926. The largest absolute Gasteiger partial charge is 0.344 e. The fraction of sp³-hybridized carbons (Fsp3) is 0.471. The third kappa shape index (κ3) is 3.18. The number of carbonyl (C=O) groups is 2. The fourth-order valence-electron chi connectivity index (χ4n) is 2.73. The lowest BCUT2D eigenvalue weighted by Gasteiger charge is -2.22. The van der Waals surface area contributed by atoms with Gasteiger partial charge in [-0.05, 0) is 31.2 Å². The number of aryl methyl sites for hydroxylation is 1. The molecule has 2 amide bonds. The minimum Gasteiger partial charge on any atom is -0.344 e. The molecule has 1 aliphatic heterocycles. The molecule has 0 spiro atoms. The van der Waals surface area contributed by atoms with Crippen molar-refractivity contribution in [1.82, 2.24) is 10.3 Å². The first-order chi connectivity index (χ1) is 10.5. The highest BCUT2D eigenvalue weighted by molar-refractivity contribution is 6.39. The zero-order valence-electron chi connectivity index (χ0n) is 13.0. The molecule has 5 nitrogen and oxygen atoms in total. The van der Waals surface area contributed by atoms with Crippen LogP contribution in [0.1, 0.15) is 42.9 Å². The molecule has 1 aliphatic carbocycles. The third-order valence-electron chi connectivity index (χ3n) is 4.29. The van der Waals surface area contributed by atoms with Gasteiger partial charge in [0.1, 0.15) is 5.71 Å². The van der Waals surface area contributed by atoms with Crippen molar-refractivity contribution in [1.29, 1.82) is 0 Å². The number of hydrogen-bond acceptors (Lipinski definition) is 3. The van der Waals surface area contributed by atoms with Crippen LogP contribution in [0.4, 0.5) is 0 Å². The summed E-state index contributed by atoms with van der Waals surface area (Å²) in [6, 6.07) is 8.34. The molecule has 22 heavy (non-hydrogen) atoms. The number of nitrogens with one attached hydrogen (secondary N) is 1. The van der Waals surface area contributed by atoms with Gasteiger partial charge in [-0.25, -0.2) is 5.01 Å². The van der Waals surface area contributed by atoms with Gasteiger partial charge in [-0.2, -0.15) is 5.10 Å². The standard InChI is InChI=1S/C17H21N3O2/c1-11-3-5-12(6-4-11)16(13-7-8-13)18-17(22)14-9-10-15(21)20(2)19-14/h3-6,13,16H,7-10H2,1-2H3,(H,18,22). The van der Waals surface area contributed by atoms with Gasteiger partial charge in [-0.15, -0.1) is 0 Å². The second-order valence-corrected chi connectivity index (χ2v) is 6.16. The van der Waals surface area contributed by atoms with Crippen LogP contribution in [0.15, 0.2) is 29.4 Å². The highest BCUT2D eigenvalue weighted by Gasteiger charge is 2.34. The summed E-state index contributed by atoms with van der Waals surface area (Å²) >= 11 is 0. The molecule has 0 bridgehead atoms. The van der Waals surface area contributed by atoms with E-state index < -0.39 is 0 Å². The Bertz CT molecular complexity index is 617. The van der Waals surface area contributed by atoms with Crippen LogP contribution in [-0.4, -0.2) is 29.6 Å². The SMILES string of the molecule is Cc1ccc(C(NC(=O)C2=NN(C)C(=O)CC2)C2CC2)cc1. The lowest BCUT2D eigenvalue weighted by atomic mass is 10.0. The van der Waals surface area contributed by atoms with Crippen molar-refractivity contribution in [2.45, 2.75) is 38.6 Å². The summed E-state index contributed by atoms with van der Waals surface area (Å²) in [6.07, 6.45) is 3.05. The summed E-state index contributed by atoms with van der Waals surface area (Å²) in [5.41, 5.74) is 2.79. The maximum absolute atomic E-state index is 12.5. The zero-order chi connectivity index (χ0) is 15.7. The van der Waals surface area contributed by atoms with E-state index in [4.69, 9.17) is 0 Å². The molecular formula is C17H21N3O2. The van der Waals surface area contributed by atoms with Gasteiger partial charge in [0.05, 0.1) is 6.04 Å². The van der Waals surface area contributed by atoms with E-state index in [1.807, 2.05) is 0 Å². The molecule has 1 heterocycles. The van der Waals surface area contributed by atoms with E-state index in [0.29, 0.717) is 24.5 Å². The molecule has 116 valence electrons. The number of rotatable bonds is 4. The van der Waals surface area contributed by atoms with Crippen LogP contribution in [0, 0.1) is 12.8 Å². The van der Waals surface area contributed by atoms with E-state index in [9.17, 15) is 9.59 Å². The second-order valence-electron chi connectivity index (χ2n) is 6.16. The Hall–Kier alpha value is -2.17. The topological polar surface area (TPSA) is 61.8 Å². The van der Waals surface area contributed by atoms with Crippen LogP contribution in [0.5, 0.6) is 0 Å². The molecule has 3 rings (SSSR count). The van der Waals surface area contributed by atoms with E-state index in [-0.39, 0.29) is 17.9 Å². The monoisotopic (exact) mass is 299 g/mol. The van der Waals surface area contributed by atoms with Crippen LogP contribution >= 0.6 is 0 Å². The molecule has 1 saturated carbocycles. The highest BCUT2D eigenvalue weighted by atomic mass is 16.2. The Morgan fingerprint density at radius 3 is 2.55 bits per heavy atom. The number of hydrogen-bond donors (Lipinski definition) is 1. The number of carbonyl (C=O) groups excluding carboxylic acids is 2. The van der Waals surface area contributed by atoms with Gasteiger partial charge in [0, 0.05) is 19.9 Å². The van der Waals surface area contributed by atoms with E-state index >= 15 is 0 Å². The molecule has 0 aromatic heterocycles. The number of benzene rings is 1. The van der Waals surface area contributed by atoms with Crippen molar-refractivity contribution in [3.8, 4) is 0 Å². The predicted octanol–water partition coefficient (Wildman–Crippen LogP) is 2.17. The van der Waals surface area contributed by atoms with Gasteiger partial charge in [0.25, 0.3) is 5.91 Å². The fourth-order valence-corrected chi connectivity index (χ4v) is 2.73. The van der Waals surface area contributed by atoms with Crippen LogP contribution < -0.4 is 5.32 Å². The van der Waals surface area contributed by atoms with Gasteiger partial charge in [0.15, 0.2) is 0 Å². The molecule has 0 radical (unpaired) electrons. The molecule has 1 aromatic carbocycles. The molecule has 1 aromatic rings. The predicted molar refractivity (Wildman–Crippen MR) is 84.2 cm³/mol. The van der Waals surface area contributed by atoms with Gasteiger partial charge < -0.3 is 5.32 Å². The first-order valence-electron chi connectivity index (χ1n) is 7.76. The Morgan fingerprint density at radius 2 is 1.95 bits per heavy atom. The normalized spacial score (nSPS) is 19.6. The summed E-state index contributed by atoms with van der Waals surface area (Å²) in [4.78, 5) is 23.9. The Labute approximate surface area is 130 Å². The Kier molecular flexibility index (Phi) is 3.96. The number of hydrazone groups is 1. The highest BCUT2D eigenvalue weighted by Crippen LogP contribution is 2.41. The molecule has 0 saturated heterocycles. The van der Waals surface area contributed by atoms with E-state index in [2.05, 4.69) is 41.6 Å². The number of amides is 2. The van der Waals surface area contributed by atoms with Crippen molar-refractivity contribution in [3.05, 3.63) is 35.4 Å². The summed E-state index contributed by atoms with van der Waals surface area (Å²) in [7, 11) is 1.59. The molecule has 1 fully saturated rings. The number of nitrogens with zero attached hydrogens (tertiary/aromatic N) is 2. The second kappa shape index (κ2) is 5.91. The van der Waals surface area contributed by atoms with Crippen molar-refractivity contribution >= 4 is 17.5 Å². The van der Waals surface area contributed by atoms with Crippen LogP contribution in [-0.2, 0) is 9.59 Å². The average Bonchev–Trinajstić information content (AvgIpc) is 3.33. The minimum atomic E-state index is -0.156. The van der Waals surface area contributed by atoms with Crippen LogP contribution in [0.2, 0.25) is 0 Å². The summed E-state index contributed by atoms with van der Waals surface area (Å²) < 4.78 is 0. The van der Waals surface area contributed by atoms with Gasteiger partial charge in [-0.1, -0.05) is 29.8 Å². The maximum atomic E-state index is 12.5. The summed E-state index contributed by atoms with van der Waals surface area (Å²) in [6.45, 7) is 2.05. The van der Waals surface area contributed by atoms with E-state index in [0.717, 1.165) is 18.4 Å². The maximum Gasteiger partial charge on any atom is 0.267 e. The summed E-state index contributed by atoms with van der Waals surface area (Å²) in [5.74, 6) is 0.306. The summed E-state index contributed by atoms with van der Waals surface area (Å²) in [5, 5.41) is 8.46. The van der Waals surface area contributed by atoms with Crippen LogP contribution in [0.3, 0.4) is 0 Å². The molecule has 1 atom stereocenters. The molecule has 5 heteroatoms. The molecule has 2 aliphatic rings. The van der Waals surface area contributed by atoms with E-state index in [1.165, 1.54) is 10.6 Å². The lowest BCUT2D eigenvalue weighted by molar-refractivity contribution is -0.130. The third-order valence-corrected chi connectivity index (χ3v) is 4.29. The van der Waals surface area contributed by atoms with Gasteiger partial charge >= 0.3 is 0 Å². The zero-order valence-corrected chi connectivity index (χ0v) is 13.0. The van der Waals surface area contributed by atoms with Crippen molar-refractivity contribution in [3.63, 3.8) is 0 Å².